The summed E-state index contributed by atoms with van der Waals surface area (Å²) in [5, 5.41) is 3.38. The SMILES string of the molecule is CN(c1ccc(CC(=O)Nc2ccc(Cl)cc2)cc1)S(C)(=O)=O. The lowest BCUT2D eigenvalue weighted by molar-refractivity contribution is -0.115. The summed E-state index contributed by atoms with van der Waals surface area (Å²) >= 11 is 5.79. The first kappa shape index (κ1) is 17.3. The molecule has 0 atom stereocenters. The Morgan fingerprint density at radius 2 is 1.65 bits per heavy atom. The van der Waals surface area contributed by atoms with Crippen LogP contribution in [0.4, 0.5) is 11.4 Å². The Balaban J connectivity index is 2.00. The topological polar surface area (TPSA) is 66.5 Å². The molecule has 0 saturated heterocycles. The van der Waals surface area contributed by atoms with Gasteiger partial charge in [0.1, 0.15) is 0 Å². The maximum atomic E-state index is 12.0. The van der Waals surface area contributed by atoms with Gasteiger partial charge in [0.05, 0.1) is 18.4 Å². The molecule has 23 heavy (non-hydrogen) atoms. The molecule has 0 heterocycles. The molecule has 0 bridgehead atoms. The maximum absolute atomic E-state index is 12.0. The van der Waals surface area contributed by atoms with Gasteiger partial charge in [0.25, 0.3) is 0 Å². The monoisotopic (exact) mass is 352 g/mol. The molecule has 0 aliphatic rings. The lowest BCUT2D eigenvalue weighted by atomic mass is 10.1. The molecule has 2 aromatic carbocycles. The number of benzene rings is 2. The highest BCUT2D eigenvalue weighted by atomic mass is 35.5. The predicted molar refractivity (Wildman–Crippen MR) is 93.5 cm³/mol. The van der Waals surface area contributed by atoms with Crippen molar-refractivity contribution in [1.29, 1.82) is 0 Å². The van der Waals surface area contributed by atoms with E-state index >= 15 is 0 Å². The quantitative estimate of drug-likeness (QED) is 0.899. The van der Waals surface area contributed by atoms with Crippen molar-refractivity contribution in [3.63, 3.8) is 0 Å². The first-order valence-corrected chi connectivity index (χ1v) is 9.06. The molecule has 1 amide bonds. The number of nitrogens with one attached hydrogen (secondary N) is 1. The number of carbonyl (C=O) groups excluding carboxylic acids is 1. The van der Waals surface area contributed by atoms with Crippen LogP contribution in [0.2, 0.25) is 5.02 Å². The normalized spacial score (nSPS) is 11.1. The van der Waals surface area contributed by atoms with Crippen LogP contribution in [0.5, 0.6) is 0 Å². The van der Waals surface area contributed by atoms with E-state index < -0.39 is 10.0 Å². The van der Waals surface area contributed by atoms with Crippen LogP contribution in [0.1, 0.15) is 5.56 Å². The molecule has 2 rings (SSSR count). The average molecular weight is 353 g/mol. The Hall–Kier alpha value is -2.05. The number of amides is 1. The highest BCUT2D eigenvalue weighted by Gasteiger charge is 2.12. The number of hydrogen-bond donors (Lipinski definition) is 1. The van der Waals surface area contributed by atoms with Crippen molar-refractivity contribution in [2.75, 3.05) is 22.9 Å². The van der Waals surface area contributed by atoms with Crippen LogP contribution in [-0.4, -0.2) is 27.6 Å². The van der Waals surface area contributed by atoms with Crippen LogP contribution in [-0.2, 0) is 21.2 Å². The van der Waals surface area contributed by atoms with Gasteiger partial charge in [-0.2, -0.15) is 0 Å². The number of sulfonamides is 1. The lowest BCUT2D eigenvalue weighted by Gasteiger charge is -2.16. The molecule has 0 fully saturated rings. The van der Waals surface area contributed by atoms with Gasteiger partial charge in [0.15, 0.2) is 0 Å². The fourth-order valence-corrected chi connectivity index (χ4v) is 2.57. The molecule has 0 aliphatic carbocycles. The standard InChI is InChI=1S/C16H17ClN2O3S/c1-19(23(2,21)22)15-9-3-12(4-10-15)11-16(20)18-14-7-5-13(17)6-8-14/h3-10H,11H2,1-2H3,(H,18,20). The number of nitrogens with zero attached hydrogens (tertiary/aromatic N) is 1. The van der Waals surface area contributed by atoms with E-state index in [9.17, 15) is 13.2 Å². The molecule has 1 N–H and O–H groups in total. The van der Waals surface area contributed by atoms with Gasteiger partial charge in [0.2, 0.25) is 15.9 Å². The largest absolute Gasteiger partial charge is 0.326 e. The van der Waals surface area contributed by atoms with Crippen LogP contribution < -0.4 is 9.62 Å². The van der Waals surface area contributed by atoms with Crippen LogP contribution in [0.25, 0.3) is 0 Å². The van der Waals surface area contributed by atoms with E-state index in [1.807, 2.05) is 0 Å². The van der Waals surface area contributed by atoms with Gasteiger partial charge in [0, 0.05) is 17.8 Å². The third-order valence-corrected chi connectivity index (χ3v) is 4.75. The number of carbonyl (C=O) groups is 1. The summed E-state index contributed by atoms with van der Waals surface area (Å²) in [7, 11) is -1.81. The third-order valence-electron chi connectivity index (χ3n) is 3.29. The summed E-state index contributed by atoms with van der Waals surface area (Å²) in [5.74, 6) is -0.156. The van der Waals surface area contributed by atoms with E-state index in [0.29, 0.717) is 16.4 Å². The van der Waals surface area contributed by atoms with Crippen molar-refractivity contribution >= 4 is 38.9 Å². The van der Waals surface area contributed by atoms with E-state index in [0.717, 1.165) is 11.8 Å². The predicted octanol–water partition coefficient (Wildman–Crippen LogP) is 2.92. The average Bonchev–Trinajstić information content (AvgIpc) is 2.49. The molecular formula is C16H17ClN2O3S. The number of anilines is 2. The van der Waals surface area contributed by atoms with Gasteiger partial charge >= 0.3 is 0 Å². The Labute approximate surface area is 140 Å². The molecule has 0 aromatic heterocycles. The highest BCUT2D eigenvalue weighted by molar-refractivity contribution is 7.92. The molecular weight excluding hydrogens is 336 g/mol. The van der Waals surface area contributed by atoms with Crippen LogP contribution in [0, 0.1) is 0 Å². The summed E-state index contributed by atoms with van der Waals surface area (Å²) in [6.45, 7) is 0. The molecule has 0 spiro atoms. The minimum atomic E-state index is -3.29. The van der Waals surface area contributed by atoms with E-state index in [-0.39, 0.29) is 12.3 Å². The molecule has 0 aliphatic heterocycles. The van der Waals surface area contributed by atoms with Gasteiger partial charge in [-0.25, -0.2) is 8.42 Å². The first-order chi connectivity index (χ1) is 10.8. The van der Waals surface area contributed by atoms with Crippen molar-refractivity contribution in [2.45, 2.75) is 6.42 Å². The van der Waals surface area contributed by atoms with Gasteiger partial charge in [-0.05, 0) is 42.0 Å². The first-order valence-electron chi connectivity index (χ1n) is 6.84. The van der Waals surface area contributed by atoms with Gasteiger partial charge in [-0.15, -0.1) is 0 Å². The van der Waals surface area contributed by atoms with Gasteiger partial charge in [-0.3, -0.25) is 9.10 Å². The second-order valence-electron chi connectivity index (χ2n) is 5.13. The molecule has 5 nitrogen and oxygen atoms in total. The molecule has 2 aromatic rings. The summed E-state index contributed by atoms with van der Waals surface area (Å²) in [6, 6.07) is 13.7. The van der Waals surface area contributed by atoms with Gasteiger partial charge < -0.3 is 5.32 Å². The third kappa shape index (κ3) is 4.97. The Morgan fingerprint density at radius 3 is 2.17 bits per heavy atom. The molecule has 122 valence electrons. The second kappa shape index (κ2) is 7.02. The zero-order chi connectivity index (χ0) is 17.0. The van der Waals surface area contributed by atoms with E-state index in [1.165, 1.54) is 11.4 Å². The summed E-state index contributed by atoms with van der Waals surface area (Å²) in [4.78, 5) is 12.0. The molecule has 0 unspecified atom stereocenters. The van der Waals surface area contributed by atoms with Crippen molar-refractivity contribution in [3.05, 3.63) is 59.1 Å². The smallest absolute Gasteiger partial charge is 0.231 e. The number of halogens is 1. The van der Waals surface area contributed by atoms with Gasteiger partial charge in [-0.1, -0.05) is 23.7 Å². The summed E-state index contributed by atoms with van der Waals surface area (Å²) < 4.78 is 24.1. The fourth-order valence-electron chi connectivity index (χ4n) is 1.94. The van der Waals surface area contributed by atoms with E-state index in [1.54, 1.807) is 48.5 Å². The Kier molecular flexibility index (Phi) is 5.28. The minimum absolute atomic E-state index is 0.156. The zero-order valence-electron chi connectivity index (χ0n) is 12.8. The zero-order valence-corrected chi connectivity index (χ0v) is 14.4. The summed E-state index contributed by atoms with van der Waals surface area (Å²) in [6.07, 6.45) is 1.34. The molecule has 7 heteroatoms. The second-order valence-corrected chi connectivity index (χ2v) is 7.58. The van der Waals surface area contributed by atoms with Crippen molar-refractivity contribution in [2.24, 2.45) is 0 Å². The highest BCUT2D eigenvalue weighted by Crippen LogP contribution is 2.17. The number of rotatable bonds is 5. The van der Waals surface area contributed by atoms with Crippen molar-refractivity contribution in [3.8, 4) is 0 Å². The van der Waals surface area contributed by atoms with E-state index in [2.05, 4.69) is 5.32 Å². The Bertz CT molecular complexity index is 787. The lowest BCUT2D eigenvalue weighted by Crippen LogP contribution is -2.24. The van der Waals surface area contributed by atoms with Crippen molar-refractivity contribution < 1.29 is 13.2 Å². The maximum Gasteiger partial charge on any atom is 0.231 e. The van der Waals surface area contributed by atoms with Crippen LogP contribution in [0.3, 0.4) is 0 Å². The fraction of sp³-hybridized carbons (Fsp3) is 0.188. The van der Waals surface area contributed by atoms with Crippen LogP contribution >= 0.6 is 11.6 Å². The van der Waals surface area contributed by atoms with Crippen LogP contribution in [0.15, 0.2) is 48.5 Å². The minimum Gasteiger partial charge on any atom is -0.326 e. The van der Waals surface area contributed by atoms with E-state index in [4.69, 9.17) is 11.6 Å². The number of hydrogen-bond acceptors (Lipinski definition) is 3. The summed E-state index contributed by atoms with van der Waals surface area (Å²) in [5.41, 5.74) is 2.02. The molecule has 0 radical (unpaired) electrons. The molecule has 0 saturated carbocycles. The Morgan fingerprint density at radius 1 is 1.09 bits per heavy atom. The van der Waals surface area contributed by atoms with Crippen molar-refractivity contribution in [1.82, 2.24) is 0 Å².